The Bertz CT molecular complexity index is 449. The lowest BCUT2D eigenvalue weighted by Gasteiger charge is -2.02. The van der Waals surface area contributed by atoms with Crippen molar-refractivity contribution in [3.8, 4) is 0 Å². The first-order chi connectivity index (χ1) is 8.30. The highest BCUT2D eigenvalue weighted by Crippen LogP contribution is 2.63. The molecule has 1 aromatic rings. The Morgan fingerprint density at radius 3 is 2.56 bits per heavy atom. The molecule has 0 aromatic carbocycles. The molecule has 1 aliphatic rings. The molecule has 5 nitrogen and oxygen atoms in total. The third-order valence-corrected chi connectivity index (χ3v) is 4.28. The first-order valence-electron chi connectivity index (χ1n) is 6.20. The number of nitrogens with one attached hydrogen (secondary N) is 1. The molecule has 0 saturated heterocycles. The van der Waals surface area contributed by atoms with Gasteiger partial charge in [0.05, 0.1) is 6.61 Å². The lowest BCUT2D eigenvalue weighted by Crippen LogP contribution is -2.11. The van der Waals surface area contributed by atoms with Crippen LogP contribution in [-0.4, -0.2) is 23.6 Å². The Kier molecular flexibility index (Phi) is 2.87. The van der Waals surface area contributed by atoms with Crippen molar-refractivity contribution in [3.63, 3.8) is 0 Å². The average molecular weight is 252 g/mol. The standard InChI is InChI=1S/C13H20N2O3/c1-6-17-9(16)8-7-18-11(14-8)15-10-12(2,3)13(10,4)5/h7,10H,6H2,1-5H3,(H,14,15). The van der Waals surface area contributed by atoms with Gasteiger partial charge in [-0.25, -0.2) is 4.79 Å². The van der Waals surface area contributed by atoms with E-state index in [-0.39, 0.29) is 16.5 Å². The van der Waals surface area contributed by atoms with Crippen LogP contribution in [0.2, 0.25) is 0 Å². The van der Waals surface area contributed by atoms with E-state index in [1.165, 1.54) is 6.26 Å². The summed E-state index contributed by atoms with van der Waals surface area (Å²) in [6, 6.07) is 0.667. The van der Waals surface area contributed by atoms with Crippen LogP contribution in [0.25, 0.3) is 0 Å². The molecule has 0 spiro atoms. The Morgan fingerprint density at radius 1 is 1.44 bits per heavy atom. The number of nitrogens with zero attached hydrogens (tertiary/aromatic N) is 1. The predicted octanol–water partition coefficient (Wildman–Crippen LogP) is 2.70. The van der Waals surface area contributed by atoms with Gasteiger partial charge in [0.15, 0.2) is 5.69 Å². The van der Waals surface area contributed by atoms with Crippen LogP contribution in [0.1, 0.15) is 45.1 Å². The molecule has 0 atom stereocenters. The molecule has 100 valence electrons. The summed E-state index contributed by atoms with van der Waals surface area (Å²) in [7, 11) is 0. The summed E-state index contributed by atoms with van der Waals surface area (Å²) in [6.07, 6.45) is 1.32. The van der Waals surface area contributed by atoms with Crippen molar-refractivity contribution in [3.05, 3.63) is 12.0 Å². The minimum absolute atomic E-state index is 0.186. The van der Waals surface area contributed by atoms with E-state index in [9.17, 15) is 4.79 Å². The summed E-state index contributed by atoms with van der Waals surface area (Å²) in [5, 5.41) is 3.23. The molecule has 0 aliphatic heterocycles. The second kappa shape index (κ2) is 4.00. The summed E-state index contributed by atoms with van der Waals surface area (Å²) < 4.78 is 10.1. The van der Waals surface area contributed by atoms with E-state index >= 15 is 0 Å². The maximum absolute atomic E-state index is 11.4. The predicted molar refractivity (Wildman–Crippen MR) is 67.4 cm³/mol. The normalized spacial score (nSPS) is 20.5. The molecular weight excluding hydrogens is 232 g/mol. The van der Waals surface area contributed by atoms with Crippen LogP contribution in [0.3, 0.4) is 0 Å². The molecule has 0 unspecified atom stereocenters. The smallest absolute Gasteiger partial charge is 0.360 e. The van der Waals surface area contributed by atoms with E-state index in [2.05, 4.69) is 38.0 Å². The zero-order valence-electron chi connectivity index (χ0n) is 11.5. The van der Waals surface area contributed by atoms with Gasteiger partial charge in [0, 0.05) is 6.04 Å². The Balaban J connectivity index is 2.03. The number of oxazole rings is 1. The van der Waals surface area contributed by atoms with Gasteiger partial charge in [0.25, 0.3) is 6.01 Å². The van der Waals surface area contributed by atoms with Crippen molar-refractivity contribution in [2.45, 2.75) is 40.7 Å². The average Bonchev–Trinajstić information content (AvgIpc) is 2.69. The summed E-state index contributed by atoms with van der Waals surface area (Å²) in [4.78, 5) is 15.5. The number of carbonyl (C=O) groups is 1. The molecule has 1 aliphatic carbocycles. The van der Waals surface area contributed by atoms with Gasteiger partial charge < -0.3 is 14.5 Å². The third-order valence-electron chi connectivity index (χ3n) is 4.28. The summed E-state index contributed by atoms with van der Waals surface area (Å²) in [6.45, 7) is 10.9. The molecule has 5 heteroatoms. The fraction of sp³-hybridized carbons (Fsp3) is 0.692. The monoisotopic (exact) mass is 252 g/mol. The molecule has 1 heterocycles. The Morgan fingerprint density at radius 2 is 2.06 bits per heavy atom. The van der Waals surface area contributed by atoms with E-state index < -0.39 is 5.97 Å². The summed E-state index contributed by atoms with van der Waals surface area (Å²) in [5.41, 5.74) is 0.576. The minimum atomic E-state index is -0.455. The fourth-order valence-corrected chi connectivity index (χ4v) is 2.32. The molecule has 1 saturated carbocycles. The highest BCUT2D eigenvalue weighted by molar-refractivity contribution is 5.87. The topological polar surface area (TPSA) is 64.4 Å². The van der Waals surface area contributed by atoms with Crippen molar-refractivity contribution in [1.29, 1.82) is 0 Å². The van der Waals surface area contributed by atoms with Crippen LogP contribution < -0.4 is 5.32 Å². The molecule has 1 aromatic heterocycles. The lowest BCUT2D eigenvalue weighted by atomic mass is 10.0. The van der Waals surface area contributed by atoms with Gasteiger partial charge in [-0.1, -0.05) is 27.7 Å². The number of anilines is 1. The van der Waals surface area contributed by atoms with Crippen molar-refractivity contribution in [2.24, 2.45) is 10.8 Å². The van der Waals surface area contributed by atoms with Crippen LogP contribution in [0.4, 0.5) is 6.01 Å². The summed E-state index contributed by atoms with van der Waals surface area (Å²) in [5.74, 6) is -0.455. The quantitative estimate of drug-likeness (QED) is 0.835. The molecule has 2 rings (SSSR count). The number of carbonyl (C=O) groups excluding carboxylic acids is 1. The highest BCUT2D eigenvalue weighted by atomic mass is 16.5. The number of hydrogen-bond acceptors (Lipinski definition) is 5. The maximum atomic E-state index is 11.4. The Labute approximate surface area is 107 Å². The van der Waals surface area contributed by atoms with Crippen LogP contribution in [-0.2, 0) is 4.74 Å². The number of hydrogen-bond donors (Lipinski definition) is 1. The van der Waals surface area contributed by atoms with Crippen molar-refractivity contribution >= 4 is 12.0 Å². The number of ether oxygens (including phenoxy) is 1. The van der Waals surface area contributed by atoms with Gasteiger partial charge >= 0.3 is 5.97 Å². The zero-order chi connectivity index (χ0) is 13.6. The van der Waals surface area contributed by atoms with Gasteiger partial charge in [-0.15, -0.1) is 0 Å². The molecular formula is C13H20N2O3. The largest absolute Gasteiger partial charge is 0.461 e. The van der Waals surface area contributed by atoms with Crippen LogP contribution in [0, 0.1) is 10.8 Å². The SMILES string of the molecule is CCOC(=O)c1coc(NC2C(C)(C)C2(C)C)n1. The molecule has 0 bridgehead atoms. The van der Waals surface area contributed by atoms with Crippen LogP contribution >= 0.6 is 0 Å². The second-order valence-electron chi connectivity index (χ2n) is 5.78. The molecule has 0 radical (unpaired) electrons. The minimum Gasteiger partial charge on any atom is -0.461 e. The van der Waals surface area contributed by atoms with E-state index in [1.54, 1.807) is 6.92 Å². The van der Waals surface area contributed by atoms with Gasteiger partial charge in [0.1, 0.15) is 6.26 Å². The number of aromatic nitrogens is 1. The van der Waals surface area contributed by atoms with Crippen molar-refractivity contribution in [1.82, 2.24) is 4.98 Å². The van der Waals surface area contributed by atoms with Gasteiger partial charge in [-0.3, -0.25) is 0 Å². The molecule has 1 N–H and O–H groups in total. The lowest BCUT2D eigenvalue weighted by molar-refractivity contribution is 0.0519. The first-order valence-corrected chi connectivity index (χ1v) is 6.20. The van der Waals surface area contributed by atoms with Crippen molar-refractivity contribution < 1.29 is 13.9 Å². The van der Waals surface area contributed by atoms with Gasteiger partial charge in [0.2, 0.25) is 0 Å². The second-order valence-corrected chi connectivity index (χ2v) is 5.78. The van der Waals surface area contributed by atoms with Crippen LogP contribution in [0.15, 0.2) is 10.7 Å². The van der Waals surface area contributed by atoms with E-state index in [1.807, 2.05) is 0 Å². The molecule has 1 fully saturated rings. The number of esters is 1. The van der Waals surface area contributed by atoms with E-state index in [0.29, 0.717) is 18.7 Å². The van der Waals surface area contributed by atoms with Gasteiger partial charge in [-0.05, 0) is 17.8 Å². The number of rotatable bonds is 4. The fourth-order valence-electron chi connectivity index (χ4n) is 2.32. The molecule has 0 amide bonds. The molecule has 18 heavy (non-hydrogen) atoms. The maximum Gasteiger partial charge on any atom is 0.360 e. The summed E-state index contributed by atoms with van der Waals surface area (Å²) >= 11 is 0. The zero-order valence-corrected chi connectivity index (χ0v) is 11.5. The van der Waals surface area contributed by atoms with Crippen LogP contribution in [0.5, 0.6) is 0 Å². The van der Waals surface area contributed by atoms with Crippen molar-refractivity contribution in [2.75, 3.05) is 11.9 Å². The first kappa shape index (κ1) is 12.9. The third kappa shape index (κ3) is 1.87. The Hall–Kier alpha value is -1.52. The van der Waals surface area contributed by atoms with E-state index in [4.69, 9.17) is 9.15 Å². The van der Waals surface area contributed by atoms with Gasteiger partial charge in [-0.2, -0.15) is 4.98 Å². The van der Waals surface area contributed by atoms with E-state index in [0.717, 1.165) is 0 Å². The highest BCUT2D eigenvalue weighted by Gasteiger charge is 2.65.